The highest BCUT2D eigenvalue weighted by Crippen LogP contribution is 2.34. The number of ether oxygens (including phenoxy) is 1. The smallest absolute Gasteiger partial charge is 0.350 e. The van der Waals surface area contributed by atoms with E-state index in [0.29, 0.717) is 15.8 Å². The van der Waals surface area contributed by atoms with Crippen molar-refractivity contribution < 1.29 is 17.9 Å². The van der Waals surface area contributed by atoms with Crippen LogP contribution in [0.3, 0.4) is 0 Å². The molecule has 4 aromatic rings. The van der Waals surface area contributed by atoms with Crippen LogP contribution in [0.4, 0.5) is 13.2 Å². The monoisotopic (exact) mass is 461 g/mol. The topological polar surface area (TPSA) is 88.0 Å². The van der Waals surface area contributed by atoms with E-state index in [4.69, 9.17) is 10.5 Å². The van der Waals surface area contributed by atoms with E-state index < -0.39 is 23.1 Å². The molecule has 0 bridgehead atoms. The van der Waals surface area contributed by atoms with Crippen LogP contribution in [0, 0.1) is 24.4 Å². The van der Waals surface area contributed by atoms with Crippen LogP contribution in [0.2, 0.25) is 0 Å². The summed E-state index contributed by atoms with van der Waals surface area (Å²) >= 11 is 1.22. The summed E-state index contributed by atoms with van der Waals surface area (Å²) in [5, 5.41) is 5.00. The maximum atomic E-state index is 14.7. The Labute approximate surface area is 184 Å². The Balaban J connectivity index is 1.59. The van der Waals surface area contributed by atoms with Gasteiger partial charge in [0.05, 0.1) is 24.0 Å². The Morgan fingerprint density at radius 2 is 1.88 bits per heavy atom. The van der Waals surface area contributed by atoms with Crippen LogP contribution in [-0.2, 0) is 6.54 Å². The molecule has 0 fully saturated rings. The minimum atomic E-state index is -0.775. The molecule has 0 saturated heterocycles. The van der Waals surface area contributed by atoms with Crippen molar-refractivity contribution in [3.05, 3.63) is 86.9 Å². The first-order valence-corrected chi connectivity index (χ1v) is 10.3. The molecule has 4 rings (SSSR count). The number of nitrogens with two attached hydrogens (primary N) is 1. The van der Waals surface area contributed by atoms with Crippen molar-refractivity contribution in [2.75, 3.05) is 0 Å². The third-order valence-corrected chi connectivity index (χ3v) is 5.88. The fourth-order valence-corrected chi connectivity index (χ4v) is 3.85. The second-order valence-electron chi connectivity index (χ2n) is 7.08. The number of nitrogens with zero attached hydrogens (tertiary/aromatic N) is 4. The van der Waals surface area contributed by atoms with Gasteiger partial charge >= 0.3 is 5.69 Å². The molecular weight excluding hydrogens is 443 g/mol. The Bertz CT molecular complexity index is 1330. The summed E-state index contributed by atoms with van der Waals surface area (Å²) in [5.74, 6) is -2.33. The molecule has 1 unspecified atom stereocenters. The number of hydrogen-bond acceptors (Lipinski definition) is 6. The van der Waals surface area contributed by atoms with E-state index >= 15 is 0 Å². The zero-order chi connectivity index (χ0) is 23.0. The van der Waals surface area contributed by atoms with Gasteiger partial charge in [0.15, 0.2) is 11.6 Å². The average molecular weight is 461 g/mol. The van der Waals surface area contributed by atoms with E-state index in [-0.39, 0.29) is 29.6 Å². The predicted octanol–water partition coefficient (Wildman–Crippen LogP) is 4.08. The molecule has 0 aliphatic carbocycles. The van der Waals surface area contributed by atoms with Crippen molar-refractivity contribution >= 4 is 11.3 Å². The largest absolute Gasteiger partial charge is 0.442 e. The first kappa shape index (κ1) is 21.8. The van der Waals surface area contributed by atoms with E-state index in [1.807, 2.05) is 0 Å². The number of halogens is 3. The molecule has 0 saturated carbocycles. The average Bonchev–Trinajstić information content (AvgIpc) is 3.29. The third kappa shape index (κ3) is 4.16. The van der Waals surface area contributed by atoms with Gasteiger partial charge in [-0.25, -0.2) is 22.9 Å². The summed E-state index contributed by atoms with van der Waals surface area (Å²) in [6.45, 7) is 3.16. The Morgan fingerprint density at radius 1 is 1.16 bits per heavy atom. The lowest BCUT2D eigenvalue weighted by Gasteiger charge is -2.07. The molecule has 0 aliphatic rings. The quantitative estimate of drug-likeness (QED) is 0.468. The zero-order valence-electron chi connectivity index (χ0n) is 17.1. The van der Waals surface area contributed by atoms with E-state index in [0.717, 1.165) is 33.8 Å². The van der Waals surface area contributed by atoms with E-state index in [2.05, 4.69) is 10.1 Å². The Kier molecular flexibility index (Phi) is 5.85. The highest BCUT2D eigenvalue weighted by molar-refractivity contribution is 7.13. The van der Waals surface area contributed by atoms with Crippen LogP contribution >= 0.6 is 11.3 Å². The summed E-state index contributed by atoms with van der Waals surface area (Å²) < 4.78 is 50.1. The van der Waals surface area contributed by atoms with Gasteiger partial charge in [-0.1, -0.05) is 17.4 Å². The highest BCUT2D eigenvalue weighted by Gasteiger charge is 2.17. The van der Waals surface area contributed by atoms with Crippen molar-refractivity contribution in [3.8, 4) is 16.5 Å². The van der Waals surface area contributed by atoms with Crippen LogP contribution < -0.4 is 16.2 Å². The molecule has 0 spiro atoms. The van der Waals surface area contributed by atoms with E-state index in [1.165, 1.54) is 29.5 Å². The van der Waals surface area contributed by atoms with Crippen molar-refractivity contribution in [1.29, 1.82) is 0 Å². The molecule has 2 N–H and O–H groups in total. The number of benzene rings is 2. The SMILES string of the molecule is Cc1nc(C(C)N)sc1Oc1ccc(-n2ncn(Cc3c(F)cccc3F)c2=O)cc1F. The first-order valence-electron chi connectivity index (χ1n) is 9.52. The van der Waals surface area contributed by atoms with Gasteiger partial charge < -0.3 is 10.5 Å². The first-order chi connectivity index (χ1) is 15.2. The summed E-state index contributed by atoms with van der Waals surface area (Å²) in [5.41, 5.74) is 5.59. The molecule has 166 valence electrons. The number of rotatable bonds is 6. The molecule has 1 atom stereocenters. The van der Waals surface area contributed by atoms with Gasteiger partial charge in [0, 0.05) is 11.6 Å². The fraction of sp³-hybridized carbons (Fsp3) is 0.190. The second-order valence-corrected chi connectivity index (χ2v) is 8.08. The van der Waals surface area contributed by atoms with Gasteiger partial charge in [0.1, 0.15) is 23.0 Å². The lowest BCUT2D eigenvalue weighted by Crippen LogP contribution is -2.24. The van der Waals surface area contributed by atoms with Crippen LogP contribution in [0.25, 0.3) is 5.69 Å². The third-order valence-electron chi connectivity index (χ3n) is 4.65. The minimum absolute atomic E-state index is 0.0577. The summed E-state index contributed by atoms with van der Waals surface area (Å²) in [6, 6.07) is 7.05. The lowest BCUT2D eigenvalue weighted by atomic mass is 10.2. The molecule has 2 aromatic carbocycles. The summed E-state index contributed by atoms with van der Waals surface area (Å²) in [6.07, 6.45) is 1.13. The number of aromatic nitrogens is 4. The van der Waals surface area contributed by atoms with E-state index in [9.17, 15) is 18.0 Å². The number of hydrogen-bond donors (Lipinski definition) is 1. The molecule has 2 aromatic heterocycles. The van der Waals surface area contributed by atoms with Crippen molar-refractivity contribution in [3.63, 3.8) is 0 Å². The van der Waals surface area contributed by atoms with Gasteiger partial charge in [-0.2, -0.15) is 9.78 Å². The maximum Gasteiger partial charge on any atom is 0.350 e. The molecule has 32 heavy (non-hydrogen) atoms. The van der Waals surface area contributed by atoms with E-state index in [1.54, 1.807) is 13.8 Å². The number of aryl methyl sites for hydroxylation is 1. The molecule has 7 nitrogen and oxygen atoms in total. The van der Waals surface area contributed by atoms with Gasteiger partial charge in [-0.05, 0) is 38.1 Å². The minimum Gasteiger partial charge on any atom is -0.442 e. The molecule has 0 aliphatic heterocycles. The van der Waals surface area contributed by atoms with Gasteiger partial charge in [0.25, 0.3) is 0 Å². The normalized spacial score (nSPS) is 12.2. The van der Waals surface area contributed by atoms with Crippen molar-refractivity contribution in [2.45, 2.75) is 26.4 Å². The highest BCUT2D eigenvalue weighted by atomic mass is 32.1. The maximum absolute atomic E-state index is 14.7. The van der Waals surface area contributed by atoms with Crippen molar-refractivity contribution in [1.82, 2.24) is 19.3 Å². The zero-order valence-corrected chi connectivity index (χ0v) is 17.9. The predicted molar refractivity (Wildman–Crippen MR) is 113 cm³/mol. The van der Waals surface area contributed by atoms with Crippen LogP contribution in [0.1, 0.15) is 29.2 Å². The lowest BCUT2D eigenvalue weighted by molar-refractivity contribution is 0.448. The van der Waals surface area contributed by atoms with Gasteiger partial charge in [-0.15, -0.1) is 0 Å². The second kappa shape index (κ2) is 8.60. The van der Waals surface area contributed by atoms with Gasteiger partial charge in [-0.3, -0.25) is 4.57 Å². The van der Waals surface area contributed by atoms with Crippen LogP contribution in [0.15, 0.2) is 47.5 Å². The molecular formula is C21H18F3N5O2S. The Morgan fingerprint density at radius 3 is 2.50 bits per heavy atom. The fourth-order valence-electron chi connectivity index (χ4n) is 2.97. The molecule has 2 heterocycles. The molecule has 0 radical (unpaired) electrons. The summed E-state index contributed by atoms with van der Waals surface area (Å²) in [7, 11) is 0. The molecule has 0 amide bonds. The van der Waals surface area contributed by atoms with Crippen LogP contribution in [-0.4, -0.2) is 19.3 Å². The van der Waals surface area contributed by atoms with Crippen molar-refractivity contribution in [2.24, 2.45) is 5.73 Å². The summed E-state index contributed by atoms with van der Waals surface area (Å²) in [4.78, 5) is 16.9. The van der Waals surface area contributed by atoms with Crippen LogP contribution in [0.5, 0.6) is 10.8 Å². The number of thiazole rings is 1. The Hall–Kier alpha value is -3.44. The molecule has 11 heteroatoms. The standard InChI is InChI=1S/C21H18F3N5O2S/c1-11(25)19-27-12(2)20(32-19)31-18-7-6-13(8-17(18)24)29-21(30)28(10-26-29)9-14-15(22)4-3-5-16(14)23/h3-8,10-11H,9,25H2,1-2H3. The van der Waals surface area contributed by atoms with Gasteiger partial charge in [0.2, 0.25) is 5.06 Å².